The van der Waals surface area contributed by atoms with Gasteiger partial charge in [0, 0.05) is 31.3 Å². The van der Waals surface area contributed by atoms with Gasteiger partial charge in [-0.25, -0.2) is 0 Å². The Balaban J connectivity index is 1.75. The molecule has 134 valence electrons. The molecule has 1 saturated heterocycles. The van der Waals surface area contributed by atoms with Crippen LogP contribution in [0.2, 0.25) is 5.02 Å². The van der Waals surface area contributed by atoms with Crippen molar-refractivity contribution in [3.63, 3.8) is 0 Å². The van der Waals surface area contributed by atoms with E-state index in [1.165, 1.54) is 18.2 Å². The second kappa shape index (κ2) is 8.01. The summed E-state index contributed by atoms with van der Waals surface area (Å²) in [7, 11) is 0. The van der Waals surface area contributed by atoms with Gasteiger partial charge in [-0.2, -0.15) is 0 Å². The van der Waals surface area contributed by atoms with Crippen LogP contribution in [-0.4, -0.2) is 23.9 Å². The minimum atomic E-state index is -0.467. The molecule has 1 heterocycles. The molecule has 0 spiro atoms. The zero-order valence-electron chi connectivity index (χ0n) is 14.0. The number of anilines is 2. The summed E-state index contributed by atoms with van der Waals surface area (Å²) in [4.78, 5) is 24.8. The number of hydrogen-bond donors (Lipinski definition) is 1. The van der Waals surface area contributed by atoms with Crippen LogP contribution in [0.3, 0.4) is 0 Å². The largest absolute Gasteiger partial charge is 0.369 e. The molecule has 0 aromatic heterocycles. The first kappa shape index (κ1) is 17.9. The zero-order chi connectivity index (χ0) is 18.5. The number of nitro groups is 1. The summed E-state index contributed by atoms with van der Waals surface area (Å²) in [5.41, 5.74) is 2.07. The highest BCUT2D eigenvalue weighted by molar-refractivity contribution is 6.34. The molecule has 0 atom stereocenters. The number of amides is 1. The van der Waals surface area contributed by atoms with Crippen LogP contribution in [0.4, 0.5) is 17.1 Å². The molecule has 26 heavy (non-hydrogen) atoms. The molecule has 1 aliphatic heterocycles. The number of non-ortho nitro benzene ring substituents is 1. The Morgan fingerprint density at radius 3 is 2.65 bits per heavy atom. The van der Waals surface area contributed by atoms with Crippen molar-refractivity contribution in [3.05, 3.63) is 69.2 Å². The standard InChI is InChI=1S/C19H18ClN3O3/c20-16-7-4-8-17(19(16)22-11-1-2-12-22)21-18(24)10-9-14-5-3-6-15(13-14)23(25)26/h3-10,13H,1-2,11-12H2,(H,21,24). The van der Waals surface area contributed by atoms with E-state index in [-0.39, 0.29) is 11.6 Å². The second-order valence-corrected chi connectivity index (χ2v) is 6.41. The first-order chi connectivity index (χ1) is 12.5. The first-order valence-corrected chi connectivity index (χ1v) is 8.69. The van der Waals surface area contributed by atoms with Crippen LogP contribution in [0.25, 0.3) is 6.08 Å². The van der Waals surface area contributed by atoms with Crippen molar-refractivity contribution in [2.24, 2.45) is 0 Å². The fourth-order valence-corrected chi connectivity index (χ4v) is 3.26. The highest BCUT2D eigenvalue weighted by atomic mass is 35.5. The number of nitrogens with zero attached hydrogens (tertiary/aromatic N) is 2. The molecule has 3 rings (SSSR count). The lowest BCUT2D eigenvalue weighted by Crippen LogP contribution is -2.21. The van der Waals surface area contributed by atoms with Gasteiger partial charge in [-0.15, -0.1) is 0 Å². The van der Waals surface area contributed by atoms with Crippen molar-refractivity contribution >= 4 is 40.6 Å². The summed E-state index contributed by atoms with van der Waals surface area (Å²) in [5, 5.41) is 14.3. The molecule has 2 aromatic rings. The van der Waals surface area contributed by atoms with E-state index in [1.54, 1.807) is 24.3 Å². The molecule has 1 fully saturated rings. The van der Waals surface area contributed by atoms with Gasteiger partial charge >= 0.3 is 0 Å². The molecule has 0 radical (unpaired) electrons. The average molecular weight is 372 g/mol. The predicted octanol–water partition coefficient (Wildman–Crippen LogP) is 4.50. The third kappa shape index (κ3) is 4.21. The summed E-state index contributed by atoms with van der Waals surface area (Å²) in [6, 6.07) is 11.5. The number of benzene rings is 2. The van der Waals surface area contributed by atoms with Crippen molar-refractivity contribution in [1.29, 1.82) is 0 Å². The maximum atomic E-state index is 12.3. The van der Waals surface area contributed by atoms with Crippen molar-refractivity contribution in [2.75, 3.05) is 23.3 Å². The van der Waals surface area contributed by atoms with E-state index in [0.29, 0.717) is 16.3 Å². The summed E-state index contributed by atoms with van der Waals surface area (Å²) in [6.07, 6.45) is 5.10. The molecule has 1 aliphatic rings. The smallest absolute Gasteiger partial charge is 0.270 e. The zero-order valence-corrected chi connectivity index (χ0v) is 14.8. The summed E-state index contributed by atoms with van der Waals surface area (Å²) in [6.45, 7) is 1.83. The predicted molar refractivity (Wildman–Crippen MR) is 104 cm³/mol. The van der Waals surface area contributed by atoms with Gasteiger partial charge in [0.15, 0.2) is 0 Å². The van der Waals surface area contributed by atoms with Crippen LogP contribution in [0.15, 0.2) is 48.5 Å². The lowest BCUT2D eigenvalue weighted by atomic mass is 10.2. The Kier molecular flexibility index (Phi) is 5.53. The van der Waals surface area contributed by atoms with E-state index in [1.807, 2.05) is 12.1 Å². The minimum absolute atomic E-state index is 0.0151. The number of para-hydroxylation sites is 1. The van der Waals surface area contributed by atoms with Gasteiger partial charge in [0.05, 0.1) is 21.3 Å². The quantitative estimate of drug-likeness (QED) is 0.477. The summed E-state index contributed by atoms with van der Waals surface area (Å²) < 4.78 is 0. The van der Waals surface area contributed by atoms with Crippen LogP contribution in [0, 0.1) is 10.1 Å². The number of hydrogen-bond acceptors (Lipinski definition) is 4. The van der Waals surface area contributed by atoms with E-state index >= 15 is 0 Å². The monoisotopic (exact) mass is 371 g/mol. The Morgan fingerprint density at radius 2 is 1.92 bits per heavy atom. The van der Waals surface area contributed by atoms with E-state index in [4.69, 9.17) is 11.6 Å². The highest BCUT2D eigenvalue weighted by Gasteiger charge is 2.19. The number of halogens is 1. The van der Waals surface area contributed by atoms with Crippen LogP contribution in [0.1, 0.15) is 18.4 Å². The Morgan fingerprint density at radius 1 is 1.19 bits per heavy atom. The minimum Gasteiger partial charge on any atom is -0.369 e. The van der Waals surface area contributed by atoms with Crippen LogP contribution in [0.5, 0.6) is 0 Å². The third-order valence-corrected chi connectivity index (χ3v) is 4.48. The lowest BCUT2D eigenvalue weighted by Gasteiger charge is -2.22. The van der Waals surface area contributed by atoms with Gasteiger partial charge in [0.2, 0.25) is 5.91 Å². The van der Waals surface area contributed by atoms with E-state index < -0.39 is 4.92 Å². The molecule has 0 saturated carbocycles. The third-order valence-electron chi connectivity index (χ3n) is 4.18. The number of carbonyl (C=O) groups excluding carboxylic acids is 1. The Labute approximate surface area is 156 Å². The molecule has 2 aromatic carbocycles. The molecule has 0 aliphatic carbocycles. The Hall–Kier alpha value is -2.86. The fraction of sp³-hybridized carbons (Fsp3) is 0.211. The van der Waals surface area contributed by atoms with E-state index in [0.717, 1.165) is 31.6 Å². The lowest BCUT2D eigenvalue weighted by molar-refractivity contribution is -0.384. The highest BCUT2D eigenvalue weighted by Crippen LogP contribution is 2.35. The molecular formula is C19H18ClN3O3. The fourth-order valence-electron chi connectivity index (χ4n) is 2.97. The van der Waals surface area contributed by atoms with Gasteiger partial charge in [-0.05, 0) is 36.6 Å². The normalized spacial score (nSPS) is 14.0. The summed E-state index contributed by atoms with van der Waals surface area (Å²) in [5.74, 6) is -0.320. The van der Waals surface area contributed by atoms with Crippen molar-refractivity contribution in [3.8, 4) is 0 Å². The molecule has 1 amide bonds. The van der Waals surface area contributed by atoms with Gasteiger partial charge in [-0.1, -0.05) is 29.8 Å². The van der Waals surface area contributed by atoms with Gasteiger partial charge in [0.25, 0.3) is 5.69 Å². The van der Waals surface area contributed by atoms with E-state index in [9.17, 15) is 14.9 Å². The van der Waals surface area contributed by atoms with Crippen molar-refractivity contribution < 1.29 is 9.72 Å². The van der Waals surface area contributed by atoms with Gasteiger partial charge in [0.1, 0.15) is 0 Å². The Bertz CT molecular complexity index is 861. The van der Waals surface area contributed by atoms with Gasteiger partial charge < -0.3 is 10.2 Å². The number of carbonyl (C=O) groups is 1. The maximum absolute atomic E-state index is 12.3. The van der Waals surface area contributed by atoms with E-state index in [2.05, 4.69) is 10.2 Å². The molecule has 6 nitrogen and oxygen atoms in total. The number of rotatable bonds is 5. The topological polar surface area (TPSA) is 75.5 Å². The average Bonchev–Trinajstić information content (AvgIpc) is 3.14. The van der Waals surface area contributed by atoms with Gasteiger partial charge in [-0.3, -0.25) is 14.9 Å². The molecule has 0 bridgehead atoms. The number of nitro benzene ring substituents is 1. The maximum Gasteiger partial charge on any atom is 0.270 e. The number of nitrogens with one attached hydrogen (secondary N) is 1. The molecule has 0 unspecified atom stereocenters. The summed E-state index contributed by atoms with van der Waals surface area (Å²) >= 11 is 6.34. The van der Waals surface area contributed by atoms with Crippen LogP contribution in [-0.2, 0) is 4.79 Å². The van der Waals surface area contributed by atoms with Crippen molar-refractivity contribution in [2.45, 2.75) is 12.8 Å². The first-order valence-electron chi connectivity index (χ1n) is 8.31. The van der Waals surface area contributed by atoms with Crippen molar-refractivity contribution in [1.82, 2.24) is 0 Å². The molecule has 7 heteroatoms. The van der Waals surface area contributed by atoms with Crippen LogP contribution < -0.4 is 10.2 Å². The SMILES string of the molecule is O=C(C=Cc1cccc([N+](=O)[O-])c1)Nc1cccc(Cl)c1N1CCCC1. The second-order valence-electron chi connectivity index (χ2n) is 6.00. The molecule has 1 N–H and O–H groups in total. The van der Waals surface area contributed by atoms with Crippen LogP contribution >= 0.6 is 11.6 Å². The molecular weight excluding hydrogens is 354 g/mol.